The van der Waals surface area contributed by atoms with Crippen LogP contribution < -0.4 is 4.90 Å². The van der Waals surface area contributed by atoms with Crippen molar-refractivity contribution in [3.63, 3.8) is 0 Å². The zero-order valence-electron chi connectivity index (χ0n) is 18.2. The van der Waals surface area contributed by atoms with Gasteiger partial charge in [-0.2, -0.15) is 14.3 Å². The van der Waals surface area contributed by atoms with Gasteiger partial charge in [0.2, 0.25) is 0 Å². The van der Waals surface area contributed by atoms with Crippen molar-refractivity contribution in [2.75, 3.05) is 19.0 Å². The lowest BCUT2D eigenvalue weighted by atomic mass is 9.92. The van der Waals surface area contributed by atoms with E-state index in [1.807, 2.05) is 91.1 Å². The van der Waals surface area contributed by atoms with Crippen LogP contribution in [0.15, 0.2) is 84.9 Å². The molecule has 32 heavy (non-hydrogen) atoms. The lowest BCUT2D eigenvalue weighted by Crippen LogP contribution is -2.63. The summed E-state index contributed by atoms with van der Waals surface area (Å²) < 4.78 is 1.71. The molecule has 0 saturated carbocycles. The second-order valence-electron chi connectivity index (χ2n) is 8.24. The molecule has 0 fully saturated rings. The molecule has 0 saturated heterocycles. The molecule has 5 rings (SSSR count). The van der Waals surface area contributed by atoms with Gasteiger partial charge in [-0.15, -0.1) is 0 Å². The summed E-state index contributed by atoms with van der Waals surface area (Å²) in [7, 11) is 3.56. The van der Waals surface area contributed by atoms with Gasteiger partial charge in [-0.3, -0.25) is 9.80 Å². The molecule has 2 aliphatic rings. The van der Waals surface area contributed by atoms with Gasteiger partial charge < -0.3 is 0 Å². The number of fused-ring (bicyclic) bond motifs is 2. The van der Waals surface area contributed by atoms with Crippen LogP contribution in [0.2, 0.25) is 0 Å². The van der Waals surface area contributed by atoms with Crippen LogP contribution in [0.1, 0.15) is 16.7 Å². The number of hydrogen-bond acceptors (Lipinski definition) is 2. The molecule has 1 unspecified atom stereocenters. The number of para-hydroxylation sites is 1. The van der Waals surface area contributed by atoms with Crippen molar-refractivity contribution in [1.82, 2.24) is 9.80 Å². The van der Waals surface area contributed by atoms with Crippen LogP contribution in [-0.4, -0.2) is 46.7 Å². The second-order valence-corrected chi connectivity index (χ2v) is 8.24. The highest BCUT2D eigenvalue weighted by Gasteiger charge is 2.61. The van der Waals surface area contributed by atoms with Gasteiger partial charge in [0.1, 0.15) is 12.8 Å². The molecule has 0 aromatic heterocycles. The van der Waals surface area contributed by atoms with Gasteiger partial charge in [0.05, 0.1) is 24.8 Å². The van der Waals surface area contributed by atoms with E-state index in [4.69, 9.17) is 0 Å². The van der Waals surface area contributed by atoms with Gasteiger partial charge in [0.15, 0.2) is 0 Å². The largest absolute Gasteiger partial charge is 0.495 e. The minimum atomic E-state index is -1.01. The Morgan fingerprint density at radius 2 is 1.38 bits per heavy atom. The minimum absolute atomic E-state index is 0.140. The van der Waals surface area contributed by atoms with E-state index in [1.165, 1.54) is 0 Å². The molecule has 2 heterocycles. The maximum absolute atomic E-state index is 13.6. The lowest BCUT2D eigenvalue weighted by Gasteiger charge is -2.45. The molecular formula is C26H25N4O2+. The third-order valence-electron chi connectivity index (χ3n) is 6.35. The fourth-order valence-electron chi connectivity index (χ4n) is 4.70. The molecule has 3 aromatic carbocycles. The minimum Gasteiger partial charge on any atom is -0.297 e. The summed E-state index contributed by atoms with van der Waals surface area (Å²) in [5.74, 6) is 0. The fraction of sp³-hybridized carbons (Fsp3) is 0.192. The number of rotatable bonds is 4. The quantitative estimate of drug-likeness (QED) is 0.587. The third kappa shape index (κ3) is 2.99. The van der Waals surface area contributed by atoms with E-state index >= 15 is 0 Å². The standard InChI is InChI=1S/C26H25N4O2/c1-27-23-16-10-9-15-22(23)26(30(24(27)31)18-21-13-7-4-8-14-21)19-29(25(32)28(26)2)17-20-11-5-3-6-12-20/h3-16,19H,17-18H2,1-2H3/q+1. The van der Waals surface area contributed by atoms with E-state index in [1.54, 1.807) is 33.4 Å². The van der Waals surface area contributed by atoms with E-state index in [0.29, 0.717) is 13.1 Å². The second kappa shape index (κ2) is 7.64. The Bertz CT molecular complexity index is 1210. The average Bonchev–Trinajstić information content (AvgIpc) is 3.07. The van der Waals surface area contributed by atoms with Crippen molar-refractivity contribution < 1.29 is 14.2 Å². The molecule has 4 amide bonds. The fourth-order valence-corrected chi connectivity index (χ4v) is 4.70. The Balaban J connectivity index is 1.68. The molecule has 1 spiro atoms. The molecular weight excluding hydrogens is 400 g/mol. The summed E-state index contributed by atoms with van der Waals surface area (Å²) in [5, 5.41) is 0. The van der Waals surface area contributed by atoms with Gasteiger partial charge in [-0.1, -0.05) is 72.8 Å². The van der Waals surface area contributed by atoms with Gasteiger partial charge >= 0.3 is 12.1 Å². The van der Waals surface area contributed by atoms with E-state index in [9.17, 15) is 9.59 Å². The van der Waals surface area contributed by atoms with E-state index in [2.05, 4.69) is 0 Å². The molecule has 0 N–H and O–H groups in total. The molecule has 6 heteroatoms. The summed E-state index contributed by atoms with van der Waals surface area (Å²) in [5.41, 5.74) is 2.74. The van der Waals surface area contributed by atoms with Crippen molar-refractivity contribution in [3.05, 3.63) is 102 Å². The summed E-state index contributed by atoms with van der Waals surface area (Å²) in [6.07, 6.45) is 1.91. The number of benzene rings is 3. The molecule has 0 bridgehead atoms. The molecule has 0 aliphatic carbocycles. The molecule has 160 valence electrons. The summed E-state index contributed by atoms with van der Waals surface area (Å²) in [6.45, 7) is 0.822. The van der Waals surface area contributed by atoms with Crippen molar-refractivity contribution in [2.45, 2.75) is 18.8 Å². The molecule has 6 nitrogen and oxygen atoms in total. The van der Waals surface area contributed by atoms with Crippen molar-refractivity contribution in [1.29, 1.82) is 0 Å². The Morgan fingerprint density at radius 3 is 2.06 bits per heavy atom. The summed E-state index contributed by atoms with van der Waals surface area (Å²) >= 11 is 0. The van der Waals surface area contributed by atoms with Crippen LogP contribution in [0.4, 0.5) is 15.3 Å². The Hall–Kier alpha value is -3.93. The zero-order chi connectivity index (χ0) is 22.3. The van der Waals surface area contributed by atoms with Crippen LogP contribution in [0.3, 0.4) is 0 Å². The van der Waals surface area contributed by atoms with Crippen LogP contribution in [0, 0.1) is 0 Å². The first-order valence-electron chi connectivity index (χ1n) is 10.7. The summed E-state index contributed by atoms with van der Waals surface area (Å²) in [4.78, 5) is 32.2. The topological polar surface area (TPSA) is 46.9 Å². The van der Waals surface area contributed by atoms with Gasteiger partial charge in [-0.25, -0.2) is 4.79 Å². The number of hydrogen-bond donors (Lipinski definition) is 0. The number of urea groups is 2. The zero-order valence-corrected chi connectivity index (χ0v) is 18.2. The first kappa shape index (κ1) is 20.0. The number of amides is 4. The number of carbonyl (C=O) groups excluding carboxylic acids is 2. The van der Waals surface area contributed by atoms with Crippen LogP contribution in [0.25, 0.3) is 0 Å². The van der Waals surface area contributed by atoms with Crippen molar-refractivity contribution >= 4 is 24.0 Å². The number of anilines is 1. The van der Waals surface area contributed by atoms with Crippen LogP contribution >= 0.6 is 0 Å². The smallest absolute Gasteiger partial charge is 0.297 e. The Labute approximate surface area is 187 Å². The maximum atomic E-state index is 13.6. The average molecular weight is 426 g/mol. The predicted octanol–water partition coefficient (Wildman–Crippen LogP) is 4.26. The third-order valence-corrected chi connectivity index (χ3v) is 6.35. The van der Waals surface area contributed by atoms with E-state index in [-0.39, 0.29) is 12.1 Å². The number of carbonyl (C=O) groups is 2. The SMILES string of the molecule is CN1C(=O)N(Cc2ccccc2)C2(C=[N+](Cc3ccccc3)C(=O)N2C)c2ccccc21. The summed E-state index contributed by atoms with van der Waals surface area (Å²) in [6, 6.07) is 27.3. The van der Waals surface area contributed by atoms with Gasteiger partial charge in [0, 0.05) is 7.05 Å². The highest BCUT2D eigenvalue weighted by atomic mass is 16.2. The molecule has 1 atom stereocenters. The van der Waals surface area contributed by atoms with Gasteiger partial charge in [0.25, 0.3) is 5.66 Å². The Morgan fingerprint density at radius 1 is 0.781 bits per heavy atom. The molecule has 3 aromatic rings. The van der Waals surface area contributed by atoms with Crippen LogP contribution in [-0.2, 0) is 18.8 Å². The van der Waals surface area contributed by atoms with Crippen LogP contribution in [0.5, 0.6) is 0 Å². The van der Waals surface area contributed by atoms with Crippen molar-refractivity contribution in [2.24, 2.45) is 0 Å². The predicted molar refractivity (Wildman–Crippen MR) is 124 cm³/mol. The lowest BCUT2D eigenvalue weighted by molar-refractivity contribution is -0.439. The van der Waals surface area contributed by atoms with E-state index in [0.717, 1.165) is 22.4 Å². The highest BCUT2D eigenvalue weighted by molar-refractivity contribution is 6.01. The van der Waals surface area contributed by atoms with Crippen molar-refractivity contribution in [3.8, 4) is 0 Å². The first-order chi connectivity index (χ1) is 15.5. The normalized spacial score (nSPS) is 20.1. The first-order valence-corrected chi connectivity index (χ1v) is 10.7. The maximum Gasteiger partial charge on any atom is 0.495 e. The Kier molecular flexibility index (Phi) is 4.78. The molecule has 2 aliphatic heterocycles. The van der Waals surface area contributed by atoms with E-state index < -0.39 is 5.66 Å². The van der Waals surface area contributed by atoms with Gasteiger partial charge in [-0.05, 0) is 23.3 Å². The monoisotopic (exact) mass is 425 g/mol. The molecule has 0 radical (unpaired) electrons. The number of nitrogens with zero attached hydrogens (tertiary/aromatic N) is 4. The highest BCUT2D eigenvalue weighted by Crippen LogP contribution is 2.44.